The number of nitrogens with zero attached hydrogens (tertiary/aromatic N) is 2. The van der Waals surface area contributed by atoms with Crippen LogP contribution in [0.4, 0.5) is 5.69 Å². The summed E-state index contributed by atoms with van der Waals surface area (Å²) in [4.78, 5) is 27.7. The normalized spacial score (nSPS) is 11.8. The number of amides is 2. The summed E-state index contributed by atoms with van der Waals surface area (Å²) in [5, 5.41) is 3.26. The number of benzene rings is 3. The van der Waals surface area contributed by atoms with Gasteiger partial charge < -0.3 is 24.4 Å². The van der Waals surface area contributed by atoms with Gasteiger partial charge >= 0.3 is 0 Å². The first-order valence-corrected chi connectivity index (χ1v) is 15.0. The molecule has 226 valence electrons. The molecule has 0 aromatic heterocycles. The Morgan fingerprint density at radius 2 is 1.48 bits per heavy atom. The van der Waals surface area contributed by atoms with E-state index in [9.17, 15) is 18.0 Å². The Kier molecular flexibility index (Phi) is 11.2. The molecule has 0 saturated heterocycles. The summed E-state index contributed by atoms with van der Waals surface area (Å²) >= 11 is 19.0. The lowest BCUT2D eigenvalue weighted by atomic mass is 10.1. The van der Waals surface area contributed by atoms with Gasteiger partial charge in [-0.3, -0.25) is 13.9 Å². The standard InChI is InChI=1S/C28H30Cl3N3O7S/c1-17(28(36)32-2)33(15-20-21(30)7-6-8-22(20)31)27(35)16-34(23-13-18(29)9-11-24(23)39-3)42(37,38)19-10-12-25(40-4)26(14-19)41-5/h6-14,17H,15-16H2,1-5H3,(H,32,36)/t17-/m0/s1. The third-order valence-corrected chi connectivity index (χ3v) is 9.13. The highest BCUT2D eigenvalue weighted by atomic mass is 35.5. The topological polar surface area (TPSA) is 114 Å². The average molecular weight is 659 g/mol. The fourth-order valence-electron chi connectivity index (χ4n) is 4.12. The number of ether oxygens (including phenoxy) is 3. The molecule has 0 bridgehead atoms. The number of rotatable bonds is 12. The molecule has 3 rings (SSSR count). The number of hydrogen-bond acceptors (Lipinski definition) is 7. The number of carbonyl (C=O) groups is 2. The van der Waals surface area contributed by atoms with Crippen molar-refractivity contribution in [1.82, 2.24) is 10.2 Å². The molecule has 42 heavy (non-hydrogen) atoms. The average Bonchev–Trinajstić information content (AvgIpc) is 2.98. The van der Waals surface area contributed by atoms with Crippen molar-refractivity contribution in [3.05, 3.63) is 75.2 Å². The Balaban J connectivity index is 2.18. The summed E-state index contributed by atoms with van der Waals surface area (Å²) in [6, 6.07) is 12.2. The third-order valence-electron chi connectivity index (χ3n) is 6.44. The van der Waals surface area contributed by atoms with E-state index in [0.29, 0.717) is 11.3 Å². The molecule has 0 unspecified atom stereocenters. The maximum atomic E-state index is 14.2. The molecule has 0 aliphatic carbocycles. The van der Waals surface area contributed by atoms with E-state index in [1.807, 2.05) is 0 Å². The van der Waals surface area contributed by atoms with Gasteiger partial charge in [0.1, 0.15) is 18.3 Å². The lowest BCUT2D eigenvalue weighted by Gasteiger charge is -2.32. The number of likely N-dealkylation sites (N-methyl/N-ethyl adjacent to an activating group) is 1. The Hall–Kier alpha value is -3.38. The molecule has 0 aliphatic rings. The zero-order valence-corrected chi connectivity index (χ0v) is 26.6. The highest BCUT2D eigenvalue weighted by Gasteiger charge is 2.34. The van der Waals surface area contributed by atoms with Crippen molar-refractivity contribution in [2.45, 2.75) is 24.4 Å². The molecule has 0 heterocycles. The van der Waals surface area contributed by atoms with Crippen LogP contribution in [0.1, 0.15) is 12.5 Å². The summed E-state index contributed by atoms with van der Waals surface area (Å²) < 4.78 is 45.2. The lowest BCUT2D eigenvalue weighted by Crippen LogP contribution is -2.50. The van der Waals surface area contributed by atoms with Crippen LogP contribution in [0.3, 0.4) is 0 Å². The predicted octanol–water partition coefficient (Wildman–Crippen LogP) is 5.03. The zero-order valence-electron chi connectivity index (χ0n) is 23.5. The van der Waals surface area contributed by atoms with Crippen LogP contribution in [0, 0.1) is 0 Å². The van der Waals surface area contributed by atoms with Crippen molar-refractivity contribution in [3.63, 3.8) is 0 Å². The van der Waals surface area contributed by atoms with E-state index in [1.165, 1.54) is 76.6 Å². The highest BCUT2D eigenvalue weighted by Crippen LogP contribution is 2.37. The Morgan fingerprint density at radius 3 is 2.05 bits per heavy atom. The molecule has 0 aliphatic heterocycles. The van der Waals surface area contributed by atoms with E-state index in [-0.39, 0.29) is 43.7 Å². The van der Waals surface area contributed by atoms with Crippen LogP contribution in [0.2, 0.25) is 15.1 Å². The summed E-state index contributed by atoms with van der Waals surface area (Å²) in [6.45, 7) is 0.592. The van der Waals surface area contributed by atoms with Crippen molar-refractivity contribution in [3.8, 4) is 17.2 Å². The second kappa shape index (κ2) is 14.2. The fourth-order valence-corrected chi connectivity index (χ4v) is 6.24. The Bertz CT molecular complexity index is 1550. The first kappa shape index (κ1) is 33.1. The zero-order chi connectivity index (χ0) is 31.2. The number of nitrogens with one attached hydrogen (secondary N) is 1. The lowest BCUT2D eigenvalue weighted by molar-refractivity contribution is -0.139. The van der Waals surface area contributed by atoms with Gasteiger partial charge in [-0.1, -0.05) is 40.9 Å². The number of carbonyl (C=O) groups excluding carboxylic acids is 2. The van der Waals surface area contributed by atoms with Gasteiger partial charge in [0.2, 0.25) is 11.8 Å². The number of sulfonamides is 1. The van der Waals surface area contributed by atoms with Gasteiger partial charge in [0.15, 0.2) is 11.5 Å². The van der Waals surface area contributed by atoms with Crippen LogP contribution in [0.25, 0.3) is 0 Å². The van der Waals surface area contributed by atoms with Gasteiger partial charge in [-0.05, 0) is 49.4 Å². The number of methoxy groups -OCH3 is 3. The van der Waals surface area contributed by atoms with E-state index in [0.717, 1.165) is 4.31 Å². The summed E-state index contributed by atoms with van der Waals surface area (Å²) in [6.07, 6.45) is 0. The van der Waals surface area contributed by atoms with Crippen molar-refractivity contribution in [1.29, 1.82) is 0 Å². The van der Waals surface area contributed by atoms with E-state index in [4.69, 9.17) is 49.0 Å². The van der Waals surface area contributed by atoms with Crippen molar-refractivity contribution in [2.75, 3.05) is 39.2 Å². The second-order valence-corrected chi connectivity index (χ2v) is 12.0. The van der Waals surface area contributed by atoms with E-state index >= 15 is 0 Å². The Morgan fingerprint density at radius 1 is 0.881 bits per heavy atom. The first-order valence-electron chi connectivity index (χ1n) is 12.4. The van der Waals surface area contributed by atoms with Gasteiger partial charge in [0.05, 0.1) is 31.9 Å². The van der Waals surface area contributed by atoms with Crippen LogP contribution < -0.4 is 23.8 Å². The number of anilines is 1. The van der Waals surface area contributed by atoms with Crippen LogP contribution >= 0.6 is 34.8 Å². The molecule has 10 nitrogen and oxygen atoms in total. The van der Waals surface area contributed by atoms with E-state index in [1.54, 1.807) is 18.2 Å². The summed E-state index contributed by atoms with van der Waals surface area (Å²) in [5.41, 5.74) is 0.385. The molecule has 0 spiro atoms. The largest absolute Gasteiger partial charge is 0.495 e. The summed E-state index contributed by atoms with van der Waals surface area (Å²) in [7, 11) is 1.10. The van der Waals surface area contributed by atoms with Crippen molar-refractivity contribution >= 4 is 62.3 Å². The molecular weight excluding hydrogens is 629 g/mol. The van der Waals surface area contributed by atoms with E-state index < -0.39 is 34.4 Å². The quantitative estimate of drug-likeness (QED) is 0.290. The molecule has 1 atom stereocenters. The van der Waals surface area contributed by atoms with Gasteiger partial charge in [-0.15, -0.1) is 0 Å². The maximum Gasteiger partial charge on any atom is 0.265 e. The SMILES string of the molecule is CNC(=O)[C@H](C)N(Cc1c(Cl)cccc1Cl)C(=O)CN(c1cc(Cl)ccc1OC)S(=O)(=O)c1ccc(OC)c(OC)c1. The molecule has 1 N–H and O–H groups in total. The Labute approximate surface area is 260 Å². The maximum absolute atomic E-state index is 14.2. The molecule has 0 fully saturated rings. The van der Waals surface area contributed by atoms with Crippen LogP contribution in [0.5, 0.6) is 17.2 Å². The van der Waals surface area contributed by atoms with Crippen molar-refractivity contribution in [2.24, 2.45) is 0 Å². The molecule has 2 amide bonds. The third kappa shape index (κ3) is 7.15. The molecule has 14 heteroatoms. The molecule has 3 aromatic rings. The molecule has 0 saturated carbocycles. The number of halogens is 3. The van der Waals surface area contributed by atoms with Crippen LogP contribution in [-0.4, -0.2) is 66.1 Å². The van der Waals surface area contributed by atoms with Gasteiger partial charge in [-0.25, -0.2) is 8.42 Å². The minimum Gasteiger partial charge on any atom is -0.495 e. The number of hydrogen-bond donors (Lipinski definition) is 1. The van der Waals surface area contributed by atoms with E-state index in [2.05, 4.69) is 5.32 Å². The molecular formula is C28H30Cl3N3O7S. The highest BCUT2D eigenvalue weighted by molar-refractivity contribution is 7.92. The first-order chi connectivity index (χ1) is 19.9. The smallest absolute Gasteiger partial charge is 0.265 e. The van der Waals surface area contributed by atoms with Gasteiger partial charge in [0.25, 0.3) is 10.0 Å². The monoisotopic (exact) mass is 657 g/mol. The van der Waals surface area contributed by atoms with Crippen LogP contribution in [-0.2, 0) is 26.2 Å². The molecule has 3 aromatic carbocycles. The molecule has 0 radical (unpaired) electrons. The minimum absolute atomic E-state index is 0.00328. The van der Waals surface area contributed by atoms with Crippen molar-refractivity contribution < 1.29 is 32.2 Å². The predicted molar refractivity (Wildman–Crippen MR) is 163 cm³/mol. The van der Waals surface area contributed by atoms with Gasteiger partial charge in [0, 0.05) is 40.3 Å². The minimum atomic E-state index is -4.47. The van der Waals surface area contributed by atoms with Crippen LogP contribution in [0.15, 0.2) is 59.5 Å². The fraction of sp³-hybridized carbons (Fsp3) is 0.286. The van der Waals surface area contributed by atoms with Gasteiger partial charge in [-0.2, -0.15) is 0 Å². The summed E-state index contributed by atoms with van der Waals surface area (Å²) in [5.74, 6) is -0.613. The second-order valence-electron chi connectivity index (χ2n) is 8.86.